The van der Waals surface area contributed by atoms with Gasteiger partial charge in [0.25, 0.3) is 11.4 Å². The number of nitrogens with one attached hydrogen (secondary N) is 2. The molecule has 396 valence electrons. The molecule has 3 fully saturated rings. The van der Waals surface area contributed by atoms with Crippen LogP contribution in [-0.4, -0.2) is 124 Å². The zero-order valence-corrected chi connectivity index (χ0v) is 39.5. The predicted octanol–water partition coefficient (Wildman–Crippen LogP) is 3.39. The third kappa shape index (κ3) is 10.6. The van der Waals surface area contributed by atoms with Crippen molar-refractivity contribution in [2.75, 3.05) is 12.3 Å². The van der Waals surface area contributed by atoms with Crippen LogP contribution in [0.15, 0.2) is 112 Å². The van der Waals surface area contributed by atoms with Crippen molar-refractivity contribution in [3.05, 3.63) is 140 Å². The molecule has 2 aromatic heterocycles. The second-order valence-electron chi connectivity index (χ2n) is 17.6. The van der Waals surface area contributed by atoms with E-state index in [9.17, 15) is 51.4 Å². The van der Waals surface area contributed by atoms with E-state index in [4.69, 9.17) is 35.5 Å². The first kappa shape index (κ1) is 55.4. The molecule has 0 radical (unpaired) electrons. The van der Waals surface area contributed by atoms with Crippen LogP contribution in [-0.2, 0) is 23.7 Å². The van der Waals surface area contributed by atoms with Gasteiger partial charge in [-0.25, -0.2) is 50.3 Å². The minimum atomic E-state index is -3.09. The first-order valence-electron chi connectivity index (χ1n) is 22.3. The van der Waals surface area contributed by atoms with E-state index in [0.717, 1.165) is 41.8 Å². The highest BCUT2D eigenvalue weighted by Crippen LogP contribution is 2.51. The van der Waals surface area contributed by atoms with E-state index >= 15 is 8.78 Å². The number of halogens is 6. The highest BCUT2D eigenvalue weighted by Gasteiger charge is 2.69. The lowest BCUT2D eigenvalue weighted by atomic mass is 9.94. The number of urea groups is 1. The van der Waals surface area contributed by atoms with Crippen molar-refractivity contribution in [3.63, 3.8) is 0 Å². The molecule has 0 saturated carbocycles. The van der Waals surface area contributed by atoms with Gasteiger partial charge >= 0.3 is 29.3 Å². The molecule has 2 aromatic carbocycles. The van der Waals surface area contributed by atoms with Crippen molar-refractivity contribution in [2.24, 2.45) is 5.73 Å². The summed E-state index contributed by atoms with van der Waals surface area (Å²) < 4.78 is 115. The van der Waals surface area contributed by atoms with Gasteiger partial charge in [-0.15, -0.1) is 0 Å². The number of H-pyrrole nitrogens is 1. The SMILES string of the molecule is CC[C@@]1(F)O[C@@H](N2C=CC(N)NC2=O)[C@](C)(OC(=O)c2ccccc2)[C@@H]1F.CC[C@@]1(F)O[C@@H](n2ccc(=O)[nH]c2=O)[C@](C)(OC(=O)c2ccccc2)[C@@H]1F.C[C@]1(O)[C@H](n2ccc(N)nc2=O)O[C@](F)(CO)[C@H]1F. The molecule has 0 aliphatic carbocycles. The highest BCUT2D eigenvalue weighted by molar-refractivity contribution is 5.90. The Morgan fingerprint density at radius 1 is 0.726 bits per heavy atom. The number of aromatic nitrogens is 4. The van der Waals surface area contributed by atoms with E-state index in [-0.39, 0.29) is 29.8 Å². The molecular weight excluding hydrogens is 987 g/mol. The average molecular weight is 1040 g/mol. The fourth-order valence-electron chi connectivity index (χ4n) is 8.19. The van der Waals surface area contributed by atoms with Gasteiger partial charge in [-0.3, -0.25) is 23.8 Å². The number of hydrogen-bond acceptors (Lipinski definition) is 16. The van der Waals surface area contributed by atoms with Gasteiger partial charge in [-0.05, 0) is 57.2 Å². The smallest absolute Gasteiger partial charge is 0.351 e. The summed E-state index contributed by atoms with van der Waals surface area (Å²) in [6, 6.07) is 17.2. The van der Waals surface area contributed by atoms with Gasteiger partial charge in [-0.2, -0.15) is 4.98 Å². The van der Waals surface area contributed by atoms with E-state index in [1.807, 2.05) is 4.98 Å². The average Bonchev–Trinajstić information content (AvgIpc) is 3.77. The monoisotopic (exact) mass is 1040 g/mol. The molecular formula is C46H52F6N8O13. The lowest BCUT2D eigenvalue weighted by molar-refractivity contribution is -0.197. The Kier molecular flexibility index (Phi) is 15.9. The Labute approximate surface area is 410 Å². The van der Waals surface area contributed by atoms with Crippen molar-refractivity contribution in [1.29, 1.82) is 0 Å². The summed E-state index contributed by atoms with van der Waals surface area (Å²) in [6.45, 7) is 4.79. The molecule has 27 heteroatoms. The molecule has 0 bridgehead atoms. The summed E-state index contributed by atoms with van der Waals surface area (Å²) in [5.74, 6) is -10.4. The standard InChI is InChI=1S/C18H21F2N3O4.C18H18F2N2O5.C10H13F2N3O4/c1-3-18(20)14(19)17(2,26-13(24)11-7-5-4-6-8-11)15(27-18)23-10-9-12(21)22-16(23)25;1-3-18(20)14(19)17(2,26-13(24)11-7-5-4-6-8-11)15(27-18)22-10-9-12(23)21-16(22)25;1-9(18)6(11)10(12,4-16)19-7(9)15-3-2-5(13)14-8(15)17/h4-10,12,14-15H,3,21H2,1-2H3,(H,22,25);4-10,14-15H,3H2,1-2H3,(H,21,23,25);2-3,6-7,16,18H,4H2,1H3,(H2,13,14,17)/t12?,14-,15+,17+,18+;14-,15+,17+,18+;6-,7+,9+,10+/m000/s1. The van der Waals surface area contributed by atoms with Crippen molar-refractivity contribution >= 4 is 23.8 Å². The van der Waals surface area contributed by atoms with Crippen molar-refractivity contribution < 1.29 is 74.6 Å². The normalized spacial score (nSPS) is 34.5. The van der Waals surface area contributed by atoms with Crippen LogP contribution in [0.3, 0.4) is 0 Å². The fourth-order valence-corrected chi connectivity index (χ4v) is 8.19. The van der Waals surface area contributed by atoms with E-state index in [1.54, 1.807) is 36.4 Å². The number of hydrogen-bond donors (Lipinski definition) is 6. The van der Waals surface area contributed by atoms with Crippen LogP contribution in [0.25, 0.3) is 0 Å². The Morgan fingerprint density at radius 3 is 1.66 bits per heavy atom. The molecule has 8 N–H and O–H groups in total. The third-order valence-electron chi connectivity index (χ3n) is 12.3. The number of carbonyl (C=O) groups is 3. The number of rotatable bonds is 10. The number of nitrogen functional groups attached to an aromatic ring is 1. The molecule has 2 amide bonds. The minimum Gasteiger partial charge on any atom is -0.448 e. The number of alkyl halides is 6. The summed E-state index contributed by atoms with van der Waals surface area (Å²) in [6.07, 6.45) is -8.65. The number of ether oxygens (including phenoxy) is 5. The van der Waals surface area contributed by atoms with Crippen molar-refractivity contribution in [3.8, 4) is 0 Å². The van der Waals surface area contributed by atoms with Crippen molar-refractivity contribution in [1.82, 2.24) is 29.3 Å². The second kappa shape index (κ2) is 20.9. The quantitative estimate of drug-likeness (QED) is 0.0980. The number of esters is 2. The first-order valence-corrected chi connectivity index (χ1v) is 22.3. The van der Waals surface area contributed by atoms with Crippen molar-refractivity contribution in [2.45, 2.75) is 125 Å². The lowest BCUT2D eigenvalue weighted by Gasteiger charge is -2.37. The molecule has 0 spiro atoms. The maximum absolute atomic E-state index is 15.1. The van der Waals surface area contributed by atoms with Crippen LogP contribution in [0.2, 0.25) is 0 Å². The highest BCUT2D eigenvalue weighted by atomic mass is 19.2. The Hall–Kier alpha value is -6.91. The predicted molar refractivity (Wildman–Crippen MR) is 242 cm³/mol. The minimum absolute atomic E-state index is 0.0793. The number of aliphatic hydroxyl groups is 2. The Morgan fingerprint density at radius 2 is 1.21 bits per heavy atom. The summed E-state index contributed by atoms with van der Waals surface area (Å²) in [4.78, 5) is 78.5. The first-order chi connectivity index (χ1) is 34.1. The zero-order valence-electron chi connectivity index (χ0n) is 39.5. The van der Waals surface area contributed by atoms with E-state index in [0.29, 0.717) is 4.57 Å². The maximum Gasteiger partial charge on any atom is 0.351 e. The molecule has 6 heterocycles. The lowest BCUT2D eigenvalue weighted by Crippen LogP contribution is -2.59. The van der Waals surface area contributed by atoms with E-state index in [2.05, 4.69) is 15.0 Å². The van der Waals surface area contributed by atoms with Crippen LogP contribution in [0.4, 0.5) is 37.0 Å². The molecule has 3 saturated heterocycles. The number of benzene rings is 2. The molecule has 21 nitrogen and oxygen atoms in total. The number of aromatic amines is 1. The fraction of sp³-hybridized carbons (Fsp3) is 0.457. The maximum atomic E-state index is 15.1. The van der Waals surface area contributed by atoms with Gasteiger partial charge in [0.1, 0.15) is 18.0 Å². The summed E-state index contributed by atoms with van der Waals surface area (Å²) in [5, 5.41) is 21.2. The molecule has 8 rings (SSSR count). The third-order valence-corrected chi connectivity index (χ3v) is 12.3. The molecule has 4 aliphatic rings. The number of nitrogens with two attached hydrogens (primary N) is 2. The summed E-state index contributed by atoms with van der Waals surface area (Å²) in [7, 11) is 0. The molecule has 73 heavy (non-hydrogen) atoms. The topological polar surface area (TPSA) is 295 Å². The van der Waals surface area contributed by atoms with Crippen LogP contribution in [0, 0.1) is 0 Å². The number of aliphatic hydroxyl groups excluding tert-OH is 1. The van der Waals surface area contributed by atoms with E-state index in [1.165, 1.54) is 63.4 Å². The Bertz CT molecular complexity index is 2870. The van der Waals surface area contributed by atoms with Gasteiger partial charge in [-0.1, -0.05) is 50.2 Å². The van der Waals surface area contributed by atoms with E-state index < -0.39 is 119 Å². The molecule has 4 aromatic rings. The van der Waals surface area contributed by atoms with Gasteiger partial charge in [0, 0.05) is 37.5 Å². The summed E-state index contributed by atoms with van der Waals surface area (Å²) in [5.41, 5.74) is 2.04. The molecule has 1 unspecified atom stereocenters. The van der Waals surface area contributed by atoms with Crippen LogP contribution >= 0.6 is 0 Å². The van der Waals surface area contributed by atoms with Crippen LogP contribution < -0.4 is 33.7 Å². The number of nitrogens with zero attached hydrogens (tertiary/aromatic N) is 4. The number of amides is 2. The molecule has 13 atom stereocenters. The Balaban J connectivity index is 0.000000182. The van der Waals surface area contributed by atoms with Crippen LogP contribution in [0.1, 0.15) is 80.6 Å². The largest absolute Gasteiger partial charge is 0.448 e. The van der Waals surface area contributed by atoms with Gasteiger partial charge in [0.15, 0.2) is 36.1 Å². The summed E-state index contributed by atoms with van der Waals surface area (Å²) >= 11 is 0. The van der Waals surface area contributed by atoms with Crippen LogP contribution in [0.5, 0.6) is 0 Å². The zero-order chi connectivity index (χ0) is 54.1. The van der Waals surface area contributed by atoms with Gasteiger partial charge < -0.3 is 50.7 Å². The molecule has 4 aliphatic heterocycles. The van der Waals surface area contributed by atoms with Gasteiger partial charge in [0.2, 0.25) is 24.1 Å². The number of anilines is 1. The van der Waals surface area contributed by atoms with Gasteiger partial charge in [0.05, 0.1) is 17.3 Å². The second-order valence-corrected chi connectivity index (χ2v) is 17.6. The number of carbonyl (C=O) groups excluding carboxylic acids is 3.